The van der Waals surface area contributed by atoms with Crippen molar-refractivity contribution in [3.05, 3.63) is 84.1 Å². The third kappa shape index (κ3) is 4.04. The molecule has 0 unspecified atom stereocenters. The molecule has 0 radical (unpaired) electrons. The lowest BCUT2D eigenvalue weighted by atomic mass is 10.1. The first-order valence-corrected chi connectivity index (χ1v) is 10.4. The fourth-order valence-electron chi connectivity index (χ4n) is 3.76. The minimum absolute atomic E-state index is 0.0841. The predicted octanol–water partition coefficient (Wildman–Crippen LogP) is 2.69. The molecular formula is C24H19FN6O3. The molecule has 0 saturated carbocycles. The molecule has 0 fully saturated rings. The minimum Gasteiger partial charge on any atom is -0.424 e. The summed E-state index contributed by atoms with van der Waals surface area (Å²) < 4.78 is 20.1. The number of primary amides is 1. The Labute approximate surface area is 192 Å². The highest BCUT2D eigenvalue weighted by atomic mass is 19.1. The Hall–Kier alpha value is -4.73. The fourth-order valence-corrected chi connectivity index (χ4v) is 3.76. The number of amides is 2. The van der Waals surface area contributed by atoms with Crippen molar-refractivity contribution in [3.63, 3.8) is 0 Å². The predicted molar refractivity (Wildman–Crippen MR) is 123 cm³/mol. The van der Waals surface area contributed by atoms with E-state index in [2.05, 4.69) is 15.3 Å². The molecule has 3 aromatic heterocycles. The van der Waals surface area contributed by atoms with Crippen molar-refractivity contribution in [1.82, 2.24) is 19.7 Å². The van der Waals surface area contributed by atoms with E-state index in [4.69, 9.17) is 15.9 Å². The number of imidazole rings is 1. The number of hydrogen-bond acceptors (Lipinski definition) is 6. The van der Waals surface area contributed by atoms with Crippen molar-refractivity contribution in [3.8, 4) is 11.1 Å². The summed E-state index contributed by atoms with van der Waals surface area (Å²) in [5, 5.41) is 2.66. The van der Waals surface area contributed by atoms with Crippen LogP contribution in [0.1, 0.15) is 16.1 Å². The van der Waals surface area contributed by atoms with Crippen molar-refractivity contribution in [2.75, 3.05) is 5.73 Å². The van der Waals surface area contributed by atoms with Gasteiger partial charge in [-0.25, -0.2) is 9.37 Å². The van der Waals surface area contributed by atoms with Gasteiger partial charge in [-0.3, -0.25) is 14.0 Å². The quantitative estimate of drug-likeness (QED) is 0.357. The Balaban J connectivity index is 1.43. The summed E-state index contributed by atoms with van der Waals surface area (Å²) in [6.45, 7) is 0. The summed E-state index contributed by atoms with van der Waals surface area (Å²) in [5.74, 6) is -1.61. The number of nitrogens with one attached hydrogen (secondary N) is 1. The monoisotopic (exact) mass is 458 g/mol. The molecule has 2 aromatic carbocycles. The largest absolute Gasteiger partial charge is 0.424 e. The number of benzene rings is 2. The van der Waals surface area contributed by atoms with Crippen LogP contribution in [-0.4, -0.2) is 32.2 Å². The molecule has 1 atom stereocenters. The van der Waals surface area contributed by atoms with Gasteiger partial charge in [0.25, 0.3) is 11.9 Å². The average Bonchev–Trinajstić information content (AvgIpc) is 3.41. The van der Waals surface area contributed by atoms with Gasteiger partial charge >= 0.3 is 0 Å². The number of nitrogens with two attached hydrogens (primary N) is 2. The van der Waals surface area contributed by atoms with Crippen LogP contribution < -0.4 is 16.8 Å². The summed E-state index contributed by atoms with van der Waals surface area (Å²) in [6, 6.07) is 13.9. The number of anilines is 1. The highest BCUT2D eigenvalue weighted by Crippen LogP contribution is 2.26. The molecule has 0 saturated heterocycles. The normalized spacial score (nSPS) is 12.1. The van der Waals surface area contributed by atoms with Crippen molar-refractivity contribution in [2.24, 2.45) is 5.73 Å². The molecule has 9 nitrogen and oxygen atoms in total. The molecule has 0 aliphatic heterocycles. The first kappa shape index (κ1) is 21.1. The number of hydrogen-bond donors (Lipinski definition) is 3. The summed E-state index contributed by atoms with van der Waals surface area (Å²) in [6.07, 6.45) is 3.32. The lowest BCUT2D eigenvalue weighted by Crippen LogP contribution is -2.46. The van der Waals surface area contributed by atoms with Crippen LogP contribution in [0.15, 0.2) is 71.4 Å². The van der Waals surface area contributed by atoms with Crippen LogP contribution >= 0.6 is 0 Å². The second kappa shape index (κ2) is 8.32. The van der Waals surface area contributed by atoms with Crippen LogP contribution in [0.5, 0.6) is 0 Å². The topological polar surface area (TPSA) is 142 Å². The molecule has 3 heterocycles. The van der Waals surface area contributed by atoms with Gasteiger partial charge in [0.15, 0.2) is 5.58 Å². The standard InChI is InChI=1S/C24H19FN6O3/c25-16-5-1-13(2-6-16)9-18(22(26)32)29-23(33)19-11-28-21-8-4-15(12-31(19)21)14-3-7-20-17(10-14)30-24(27)34-20/h1-8,10-12,18H,9H2,(H2,26,32)(H2,27,30)(H,29,33)/t18-/m0/s1. The molecule has 0 spiro atoms. The van der Waals surface area contributed by atoms with Crippen LogP contribution in [0.25, 0.3) is 27.9 Å². The average molecular weight is 458 g/mol. The Morgan fingerprint density at radius 2 is 1.85 bits per heavy atom. The molecule has 0 bridgehead atoms. The van der Waals surface area contributed by atoms with Crippen LogP contribution in [0.4, 0.5) is 10.4 Å². The van der Waals surface area contributed by atoms with E-state index in [-0.39, 0.29) is 18.1 Å². The van der Waals surface area contributed by atoms with Gasteiger partial charge in [0.05, 0.1) is 6.20 Å². The second-order valence-corrected chi connectivity index (χ2v) is 7.78. The Kier molecular flexibility index (Phi) is 5.17. The molecule has 0 aliphatic rings. The van der Waals surface area contributed by atoms with Crippen LogP contribution in [0.3, 0.4) is 0 Å². The van der Waals surface area contributed by atoms with E-state index in [9.17, 15) is 14.0 Å². The van der Waals surface area contributed by atoms with E-state index in [1.807, 2.05) is 18.2 Å². The molecule has 5 N–H and O–H groups in total. The zero-order chi connectivity index (χ0) is 23.8. The summed E-state index contributed by atoms with van der Waals surface area (Å²) >= 11 is 0. The van der Waals surface area contributed by atoms with Gasteiger partial charge in [-0.05, 0) is 53.1 Å². The number of nitrogens with zero attached hydrogens (tertiary/aromatic N) is 3. The van der Waals surface area contributed by atoms with Gasteiger partial charge < -0.3 is 21.2 Å². The van der Waals surface area contributed by atoms with Crippen LogP contribution in [0, 0.1) is 5.82 Å². The number of pyridine rings is 1. The van der Waals surface area contributed by atoms with Crippen molar-refractivity contribution >= 4 is 34.6 Å². The molecule has 2 amide bonds. The van der Waals surface area contributed by atoms with E-state index in [1.165, 1.54) is 30.5 Å². The third-order valence-electron chi connectivity index (χ3n) is 5.48. The van der Waals surface area contributed by atoms with Gasteiger partial charge in [0.1, 0.15) is 28.7 Å². The fraction of sp³-hybridized carbons (Fsp3) is 0.0833. The van der Waals surface area contributed by atoms with Crippen molar-refractivity contribution < 1.29 is 18.4 Å². The number of aromatic nitrogens is 3. The van der Waals surface area contributed by atoms with Gasteiger partial charge in [0, 0.05) is 12.6 Å². The Morgan fingerprint density at radius 1 is 1.09 bits per heavy atom. The number of carbonyl (C=O) groups excluding carboxylic acids is 2. The highest BCUT2D eigenvalue weighted by Gasteiger charge is 2.22. The van der Waals surface area contributed by atoms with Gasteiger partial charge in [0.2, 0.25) is 5.91 Å². The highest BCUT2D eigenvalue weighted by molar-refractivity contribution is 5.96. The van der Waals surface area contributed by atoms with E-state index in [0.29, 0.717) is 22.3 Å². The summed E-state index contributed by atoms with van der Waals surface area (Å²) in [5.41, 5.74) is 15.4. The van der Waals surface area contributed by atoms with E-state index >= 15 is 0 Å². The second-order valence-electron chi connectivity index (χ2n) is 7.78. The van der Waals surface area contributed by atoms with Crippen LogP contribution in [0.2, 0.25) is 0 Å². The molecule has 5 rings (SSSR count). The smallest absolute Gasteiger partial charge is 0.292 e. The summed E-state index contributed by atoms with van der Waals surface area (Å²) in [7, 11) is 0. The zero-order valence-corrected chi connectivity index (χ0v) is 17.7. The van der Waals surface area contributed by atoms with Gasteiger partial charge in [-0.15, -0.1) is 0 Å². The molecule has 10 heteroatoms. The van der Waals surface area contributed by atoms with Crippen LogP contribution in [-0.2, 0) is 11.2 Å². The number of carbonyl (C=O) groups is 2. The maximum atomic E-state index is 13.2. The molecular weight excluding hydrogens is 439 g/mol. The van der Waals surface area contributed by atoms with Gasteiger partial charge in [-0.2, -0.15) is 4.98 Å². The molecule has 34 heavy (non-hydrogen) atoms. The van der Waals surface area contributed by atoms with E-state index in [0.717, 1.165) is 11.1 Å². The lowest BCUT2D eigenvalue weighted by Gasteiger charge is -2.15. The third-order valence-corrected chi connectivity index (χ3v) is 5.48. The van der Waals surface area contributed by atoms with Gasteiger partial charge in [-0.1, -0.05) is 18.2 Å². The number of nitrogen functional groups attached to an aromatic ring is 1. The SMILES string of the molecule is NC(=O)[C@H](Cc1ccc(F)cc1)NC(=O)c1cnc2ccc(-c3ccc4oc(N)nc4c3)cn12. The maximum absolute atomic E-state index is 13.2. The lowest BCUT2D eigenvalue weighted by molar-refractivity contribution is -0.119. The zero-order valence-electron chi connectivity index (χ0n) is 17.7. The number of fused-ring (bicyclic) bond motifs is 2. The van der Waals surface area contributed by atoms with E-state index < -0.39 is 23.7 Å². The van der Waals surface area contributed by atoms with E-state index in [1.54, 1.807) is 22.7 Å². The number of rotatable bonds is 6. The minimum atomic E-state index is -0.980. The number of oxazole rings is 1. The van der Waals surface area contributed by atoms with Crippen molar-refractivity contribution in [1.29, 1.82) is 0 Å². The first-order chi connectivity index (χ1) is 16.4. The van der Waals surface area contributed by atoms with Crippen molar-refractivity contribution in [2.45, 2.75) is 12.5 Å². The molecule has 5 aromatic rings. The molecule has 0 aliphatic carbocycles. The first-order valence-electron chi connectivity index (χ1n) is 10.4. The maximum Gasteiger partial charge on any atom is 0.292 e. The summed E-state index contributed by atoms with van der Waals surface area (Å²) in [4.78, 5) is 33.4. The number of halogens is 1. The molecule has 170 valence electrons. The Bertz CT molecular complexity index is 1540. The Morgan fingerprint density at radius 3 is 2.62 bits per heavy atom.